The molecule has 0 fully saturated rings. The summed E-state index contributed by atoms with van der Waals surface area (Å²) >= 11 is 0. The van der Waals surface area contributed by atoms with E-state index in [2.05, 4.69) is 43.4 Å². The van der Waals surface area contributed by atoms with Crippen LogP contribution < -0.4 is 10.2 Å². The van der Waals surface area contributed by atoms with Crippen molar-refractivity contribution in [3.05, 3.63) is 41.7 Å². The summed E-state index contributed by atoms with van der Waals surface area (Å²) in [7, 11) is 0. The molecule has 0 aliphatic carbocycles. The molecule has 1 atom stereocenters. The summed E-state index contributed by atoms with van der Waals surface area (Å²) in [6, 6.07) is 6.79. The zero-order valence-corrected chi connectivity index (χ0v) is 14.2. The molecule has 0 radical (unpaired) electrons. The molecule has 1 amide bonds. The van der Waals surface area contributed by atoms with Crippen LogP contribution in [0.2, 0.25) is 0 Å². The van der Waals surface area contributed by atoms with E-state index in [1.54, 1.807) is 6.92 Å². The van der Waals surface area contributed by atoms with Gasteiger partial charge in [0.2, 0.25) is 5.91 Å². The number of carbonyl (C=O) groups excluding carboxylic acids is 1. The Morgan fingerprint density at radius 1 is 1.30 bits per heavy atom. The molecular weight excluding hydrogens is 288 g/mol. The molecule has 1 aromatic carbocycles. The molecule has 1 aliphatic rings. The fourth-order valence-corrected chi connectivity index (χ4v) is 3.01. The lowest BCUT2D eigenvalue weighted by Crippen LogP contribution is -2.25. The molecule has 2 heterocycles. The smallest absolute Gasteiger partial charge is 0.223 e. The van der Waals surface area contributed by atoms with Crippen LogP contribution in [-0.4, -0.2) is 22.2 Å². The van der Waals surface area contributed by atoms with Gasteiger partial charge in [0.05, 0.1) is 12.2 Å². The third kappa shape index (κ3) is 3.09. The normalized spacial score (nSPS) is 14.9. The van der Waals surface area contributed by atoms with Gasteiger partial charge in [0.15, 0.2) is 0 Å². The van der Waals surface area contributed by atoms with Crippen molar-refractivity contribution in [2.45, 2.75) is 46.2 Å². The Bertz CT molecular complexity index is 720. The quantitative estimate of drug-likeness (QED) is 0.939. The predicted octanol–water partition coefficient (Wildman–Crippen LogP) is 3.55. The third-order valence-corrected chi connectivity index (χ3v) is 4.39. The monoisotopic (exact) mass is 312 g/mol. The fraction of sp³-hybridized carbons (Fsp3) is 0.444. The average Bonchev–Trinajstić information content (AvgIpc) is 3.13. The van der Waals surface area contributed by atoms with Crippen molar-refractivity contribution in [1.82, 2.24) is 9.78 Å². The summed E-state index contributed by atoms with van der Waals surface area (Å²) in [6.45, 7) is 8.78. The minimum atomic E-state index is 0.110. The largest absolute Gasteiger partial charge is 0.378 e. The summed E-state index contributed by atoms with van der Waals surface area (Å²) in [5.74, 6) is 0.110. The lowest BCUT2D eigenvalue weighted by atomic mass is 10.1. The standard InChI is InChI=1S/C18H24N4O/c1-12(2)22-11-16(10-19-22)13(3)20-17-5-6-18-15(9-17)7-8-21(18)14(4)23/h5-6,9-13,20H,7-8H2,1-4H3/t13-/m1/s1. The molecule has 23 heavy (non-hydrogen) atoms. The van der Waals surface area contributed by atoms with E-state index in [9.17, 15) is 4.79 Å². The van der Waals surface area contributed by atoms with E-state index in [0.717, 1.165) is 24.3 Å². The molecule has 122 valence electrons. The number of amides is 1. The van der Waals surface area contributed by atoms with Crippen LogP contribution in [-0.2, 0) is 11.2 Å². The van der Waals surface area contributed by atoms with Crippen molar-refractivity contribution in [3.63, 3.8) is 0 Å². The summed E-state index contributed by atoms with van der Waals surface area (Å²) in [6.07, 6.45) is 4.93. The maximum atomic E-state index is 11.6. The lowest BCUT2D eigenvalue weighted by Gasteiger charge is -2.17. The first kappa shape index (κ1) is 15.6. The number of hydrogen-bond donors (Lipinski definition) is 1. The first-order valence-corrected chi connectivity index (χ1v) is 8.17. The molecule has 0 spiro atoms. The molecule has 5 heteroatoms. The molecule has 1 aliphatic heterocycles. The maximum absolute atomic E-state index is 11.6. The van der Waals surface area contributed by atoms with Gasteiger partial charge in [0.25, 0.3) is 0 Å². The Balaban J connectivity index is 1.74. The maximum Gasteiger partial charge on any atom is 0.223 e. The number of nitrogens with one attached hydrogen (secondary N) is 1. The number of anilines is 2. The number of benzene rings is 1. The zero-order valence-electron chi connectivity index (χ0n) is 14.2. The number of carbonyl (C=O) groups is 1. The minimum Gasteiger partial charge on any atom is -0.378 e. The Morgan fingerprint density at radius 3 is 2.74 bits per heavy atom. The second kappa shape index (κ2) is 6.07. The second-order valence-electron chi connectivity index (χ2n) is 6.48. The van der Waals surface area contributed by atoms with E-state index >= 15 is 0 Å². The van der Waals surface area contributed by atoms with Crippen LogP contribution in [0.5, 0.6) is 0 Å². The van der Waals surface area contributed by atoms with Crippen LogP contribution in [0.3, 0.4) is 0 Å². The van der Waals surface area contributed by atoms with Gasteiger partial charge in [-0.3, -0.25) is 9.48 Å². The van der Waals surface area contributed by atoms with Gasteiger partial charge in [0.1, 0.15) is 0 Å². The van der Waals surface area contributed by atoms with Crippen molar-refractivity contribution in [3.8, 4) is 0 Å². The van der Waals surface area contributed by atoms with Crippen molar-refractivity contribution < 1.29 is 4.79 Å². The van der Waals surface area contributed by atoms with Crippen molar-refractivity contribution >= 4 is 17.3 Å². The first-order chi connectivity index (χ1) is 11.0. The number of fused-ring (bicyclic) bond motifs is 1. The van der Waals surface area contributed by atoms with Crippen LogP contribution in [0.15, 0.2) is 30.6 Å². The second-order valence-corrected chi connectivity index (χ2v) is 6.48. The molecule has 0 saturated heterocycles. The number of nitrogens with zero attached hydrogens (tertiary/aromatic N) is 3. The molecule has 5 nitrogen and oxygen atoms in total. The summed E-state index contributed by atoms with van der Waals surface area (Å²) in [5.41, 5.74) is 4.53. The Kier molecular flexibility index (Phi) is 4.11. The summed E-state index contributed by atoms with van der Waals surface area (Å²) < 4.78 is 1.97. The highest BCUT2D eigenvalue weighted by atomic mass is 16.2. The van der Waals surface area contributed by atoms with Crippen LogP contribution in [0, 0.1) is 0 Å². The predicted molar refractivity (Wildman–Crippen MR) is 92.8 cm³/mol. The van der Waals surface area contributed by atoms with Crippen molar-refractivity contribution in [2.24, 2.45) is 0 Å². The Morgan fingerprint density at radius 2 is 2.09 bits per heavy atom. The van der Waals surface area contributed by atoms with E-state index in [-0.39, 0.29) is 11.9 Å². The zero-order chi connectivity index (χ0) is 16.6. The van der Waals surface area contributed by atoms with Gasteiger partial charge in [-0.05, 0) is 51.0 Å². The molecule has 0 unspecified atom stereocenters. The van der Waals surface area contributed by atoms with Gasteiger partial charge in [-0.25, -0.2) is 0 Å². The van der Waals surface area contributed by atoms with Gasteiger partial charge >= 0.3 is 0 Å². The van der Waals surface area contributed by atoms with E-state index in [1.807, 2.05) is 27.9 Å². The molecule has 3 rings (SSSR count). The van der Waals surface area contributed by atoms with Crippen molar-refractivity contribution in [2.75, 3.05) is 16.8 Å². The number of rotatable bonds is 4. The lowest BCUT2D eigenvalue weighted by molar-refractivity contribution is -0.116. The summed E-state index contributed by atoms with van der Waals surface area (Å²) in [4.78, 5) is 13.5. The van der Waals surface area contributed by atoms with Gasteiger partial charge in [0, 0.05) is 42.6 Å². The van der Waals surface area contributed by atoms with Gasteiger partial charge in [-0.2, -0.15) is 5.10 Å². The molecule has 0 saturated carbocycles. The molecular formula is C18H24N4O. The SMILES string of the molecule is CC(=O)N1CCc2cc(N[C@H](C)c3cnn(C(C)C)c3)ccc21. The minimum absolute atomic E-state index is 0.110. The van der Waals surface area contributed by atoms with Crippen LogP contribution in [0.1, 0.15) is 50.9 Å². The van der Waals surface area contributed by atoms with Gasteiger partial charge in [-0.15, -0.1) is 0 Å². The Labute approximate surface area is 137 Å². The molecule has 0 bridgehead atoms. The Hall–Kier alpha value is -2.30. The number of hydrogen-bond acceptors (Lipinski definition) is 3. The van der Waals surface area contributed by atoms with Gasteiger partial charge < -0.3 is 10.2 Å². The van der Waals surface area contributed by atoms with Crippen LogP contribution in [0.4, 0.5) is 11.4 Å². The first-order valence-electron chi connectivity index (χ1n) is 8.17. The van der Waals surface area contributed by atoms with Crippen LogP contribution in [0.25, 0.3) is 0 Å². The molecule has 2 aromatic rings. The number of aromatic nitrogens is 2. The highest BCUT2D eigenvalue weighted by Crippen LogP contribution is 2.31. The molecule has 1 aromatic heterocycles. The summed E-state index contributed by atoms with van der Waals surface area (Å²) in [5, 5.41) is 7.93. The van der Waals surface area contributed by atoms with Gasteiger partial charge in [-0.1, -0.05) is 0 Å². The van der Waals surface area contributed by atoms with E-state index in [1.165, 1.54) is 11.1 Å². The highest BCUT2D eigenvalue weighted by Gasteiger charge is 2.22. The average molecular weight is 312 g/mol. The van der Waals surface area contributed by atoms with E-state index in [4.69, 9.17) is 0 Å². The molecule has 1 N–H and O–H groups in total. The van der Waals surface area contributed by atoms with E-state index < -0.39 is 0 Å². The van der Waals surface area contributed by atoms with E-state index in [0.29, 0.717) is 6.04 Å². The van der Waals surface area contributed by atoms with Crippen LogP contribution >= 0.6 is 0 Å². The van der Waals surface area contributed by atoms with Crippen molar-refractivity contribution in [1.29, 1.82) is 0 Å². The third-order valence-electron chi connectivity index (χ3n) is 4.39. The highest BCUT2D eigenvalue weighted by molar-refractivity contribution is 5.94. The fourth-order valence-electron chi connectivity index (χ4n) is 3.01. The topological polar surface area (TPSA) is 50.2 Å².